The maximum Gasteiger partial charge on any atom is 0.0309 e. The monoisotopic (exact) mass is 290 g/mol. The van der Waals surface area contributed by atoms with E-state index < -0.39 is 0 Å². The number of allylic oxidation sites excluding steroid dienone is 1. The molecule has 1 heterocycles. The van der Waals surface area contributed by atoms with E-state index in [1.807, 2.05) is 0 Å². The van der Waals surface area contributed by atoms with Crippen LogP contribution in [0.1, 0.15) is 71.1 Å². The highest BCUT2D eigenvalue weighted by Gasteiger charge is 2.41. The molecule has 1 saturated heterocycles. The largest absolute Gasteiger partial charge is 0.308 e. The minimum atomic E-state index is 0.449. The van der Waals surface area contributed by atoms with Gasteiger partial charge in [-0.05, 0) is 38.5 Å². The van der Waals surface area contributed by atoms with Gasteiger partial charge in [-0.1, -0.05) is 50.7 Å². The van der Waals surface area contributed by atoms with Gasteiger partial charge >= 0.3 is 0 Å². The summed E-state index contributed by atoms with van der Waals surface area (Å²) in [6.45, 7) is 5.86. The van der Waals surface area contributed by atoms with Crippen molar-refractivity contribution in [3.8, 4) is 0 Å². The SMILES string of the molecule is C/C=C/CN1CC2(CCCCC2)NCC1C1CCCCC1. The molecule has 0 bridgehead atoms. The Labute approximate surface area is 131 Å². The number of hydrogen-bond acceptors (Lipinski definition) is 2. The second-order valence-electron chi connectivity index (χ2n) is 7.69. The predicted molar refractivity (Wildman–Crippen MR) is 90.6 cm³/mol. The summed E-state index contributed by atoms with van der Waals surface area (Å²) in [7, 11) is 0. The summed E-state index contributed by atoms with van der Waals surface area (Å²) in [6, 6.07) is 0.786. The molecule has 0 aromatic carbocycles. The Kier molecular flexibility index (Phi) is 5.39. The van der Waals surface area contributed by atoms with Gasteiger partial charge in [-0.3, -0.25) is 4.90 Å². The summed E-state index contributed by atoms with van der Waals surface area (Å²) in [5, 5.41) is 4.02. The van der Waals surface area contributed by atoms with Crippen LogP contribution in [0.15, 0.2) is 12.2 Å². The first-order valence-corrected chi connectivity index (χ1v) is 9.43. The standard InChI is InChI=1S/C19H34N2/c1-2-3-14-21-16-19(12-8-5-9-13-19)20-15-18(21)17-10-6-4-7-11-17/h2-3,17-18,20H,4-16H2,1H3/b3-2+. The molecule has 3 fully saturated rings. The molecule has 0 aromatic rings. The zero-order valence-corrected chi connectivity index (χ0v) is 13.9. The van der Waals surface area contributed by atoms with Gasteiger partial charge in [-0.15, -0.1) is 0 Å². The van der Waals surface area contributed by atoms with Gasteiger partial charge in [0.15, 0.2) is 0 Å². The summed E-state index contributed by atoms with van der Waals surface area (Å²) in [5.41, 5.74) is 0.449. The lowest BCUT2D eigenvalue weighted by Gasteiger charge is -2.52. The van der Waals surface area contributed by atoms with Gasteiger partial charge in [0.1, 0.15) is 0 Å². The predicted octanol–water partition coefficient (Wildman–Crippen LogP) is 4.12. The van der Waals surface area contributed by atoms with E-state index in [4.69, 9.17) is 0 Å². The van der Waals surface area contributed by atoms with Crippen LogP contribution in [0.5, 0.6) is 0 Å². The fourth-order valence-corrected chi connectivity index (χ4v) is 5.00. The van der Waals surface area contributed by atoms with E-state index in [1.54, 1.807) is 0 Å². The Morgan fingerprint density at radius 3 is 2.48 bits per heavy atom. The molecule has 120 valence electrons. The van der Waals surface area contributed by atoms with Crippen molar-refractivity contribution in [2.75, 3.05) is 19.6 Å². The molecule has 21 heavy (non-hydrogen) atoms. The molecule has 1 spiro atoms. The molecule has 0 amide bonds. The summed E-state index contributed by atoms with van der Waals surface area (Å²) in [4.78, 5) is 2.83. The van der Waals surface area contributed by atoms with Crippen LogP contribution in [-0.2, 0) is 0 Å². The second-order valence-corrected chi connectivity index (χ2v) is 7.69. The lowest BCUT2D eigenvalue weighted by Crippen LogP contribution is -2.66. The van der Waals surface area contributed by atoms with Gasteiger partial charge in [0.05, 0.1) is 0 Å². The quantitative estimate of drug-likeness (QED) is 0.787. The highest BCUT2D eigenvalue weighted by molar-refractivity contribution is 5.02. The van der Waals surface area contributed by atoms with Gasteiger partial charge in [0, 0.05) is 31.2 Å². The van der Waals surface area contributed by atoms with E-state index >= 15 is 0 Å². The van der Waals surface area contributed by atoms with Crippen LogP contribution >= 0.6 is 0 Å². The molecule has 0 aromatic heterocycles. The van der Waals surface area contributed by atoms with Crippen LogP contribution in [0.2, 0.25) is 0 Å². The Balaban J connectivity index is 1.68. The number of nitrogens with zero attached hydrogens (tertiary/aromatic N) is 1. The number of piperazine rings is 1. The lowest BCUT2D eigenvalue weighted by atomic mass is 9.76. The molecular weight excluding hydrogens is 256 g/mol. The first kappa shape index (κ1) is 15.6. The van der Waals surface area contributed by atoms with Gasteiger partial charge in [-0.25, -0.2) is 0 Å². The normalized spacial score (nSPS) is 32.0. The summed E-state index contributed by atoms with van der Waals surface area (Å²) < 4.78 is 0. The van der Waals surface area contributed by atoms with Gasteiger partial charge in [0.2, 0.25) is 0 Å². The van der Waals surface area contributed by atoms with Crippen LogP contribution < -0.4 is 5.32 Å². The highest BCUT2D eigenvalue weighted by atomic mass is 15.3. The third-order valence-corrected chi connectivity index (χ3v) is 6.24. The minimum Gasteiger partial charge on any atom is -0.308 e. The second kappa shape index (κ2) is 7.28. The highest BCUT2D eigenvalue weighted by Crippen LogP contribution is 2.36. The first-order valence-electron chi connectivity index (χ1n) is 9.43. The van der Waals surface area contributed by atoms with E-state index in [9.17, 15) is 0 Å². The van der Waals surface area contributed by atoms with Crippen LogP contribution in [-0.4, -0.2) is 36.1 Å². The average molecular weight is 290 g/mol. The zero-order valence-electron chi connectivity index (χ0n) is 13.9. The first-order chi connectivity index (χ1) is 10.3. The summed E-state index contributed by atoms with van der Waals surface area (Å²) in [6.07, 6.45) is 19.0. The Bertz CT molecular complexity index is 337. The van der Waals surface area contributed by atoms with Crippen molar-refractivity contribution in [2.45, 2.75) is 82.7 Å². The Morgan fingerprint density at radius 1 is 1.05 bits per heavy atom. The molecule has 1 atom stereocenters. The molecule has 2 heteroatoms. The minimum absolute atomic E-state index is 0.449. The third kappa shape index (κ3) is 3.71. The third-order valence-electron chi connectivity index (χ3n) is 6.24. The molecule has 1 unspecified atom stereocenters. The molecule has 0 radical (unpaired) electrons. The Hall–Kier alpha value is -0.340. The topological polar surface area (TPSA) is 15.3 Å². The molecule has 3 aliphatic rings. The van der Waals surface area contributed by atoms with Crippen molar-refractivity contribution in [1.29, 1.82) is 0 Å². The number of nitrogens with one attached hydrogen (secondary N) is 1. The van der Waals surface area contributed by atoms with Gasteiger partial charge < -0.3 is 5.32 Å². The van der Waals surface area contributed by atoms with Crippen LogP contribution in [0.4, 0.5) is 0 Å². The van der Waals surface area contributed by atoms with E-state index in [1.165, 1.54) is 83.8 Å². The molecule has 2 saturated carbocycles. The van der Waals surface area contributed by atoms with E-state index in [2.05, 4.69) is 29.3 Å². The molecule has 2 nitrogen and oxygen atoms in total. The van der Waals surface area contributed by atoms with Crippen molar-refractivity contribution in [3.05, 3.63) is 12.2 Å². The van der Waals surface area contributed by atoms with Crippen molar-refractivity contribution in [1.82, 2.24) is 10.2 Å². The van der Waals surface area contributed by atoms with E-state index in [-0.39, 0.29) is 0 Å². The molecule has 3 rings (SSSR count). The van der Waals surface area contributed by atoms with Gasteiger partial charge in [0.25, 0.3) is 0 Å². The van der Waals surface area contributed by atoms with Crippen LogP contribution in [0, 0.1) is 5.92 Å². The lowest BCUT2D eigenvalue weighted by molar-refractivity contribution is 0.0288. The smallest absolute Gasteiger partial charge is 0.0309 e. The fraction of sp³-hybridized carbons (Fsp3) is 0.895. The number of rotatable bonds is 3. The van der Waals surface area contributed by atoms with Crippen molar-refractivity contribution < 1.29 is 0 Å². The van der Waals surface area contributed by atoms with Gasteiger partial charge in [-0.2, -0.15) is 0 Å². The molecule has 1 N–H and O–H groups in total. The fourth-order valence-electron chi connectivity index (χ4n) is 5.00. The van der Waals surface area contributed by atoms with Crippen LogP contribution in [0.3, 0.4) is 0 Å². The van der Waals surface area contributed by atoms with Crippen LogP contribution in [0.25, 0.3) is 0 Å². The maximum absolute atomic E-state index is 4.02. The summed E-state index contributed by atoms with van der Waals surface area (Å²) in [5.74, 6) is 0.942. The molecule has 2 aliphatic carbocycles. The number of hydrogen-bond donors (Lipinski definition) is 1. The van der Waals surface area contributed by atoms with Crippen molar-refractivity contribution >= 4 is 0 Å². The molecular formula is C19H34N2. The Morgan fingerprint density at radius 2 is 1.76 bits per heavy atom. The molecule has 1 aliphatic heterocycles. The maximum atomic E-state index is 4.02. The van der Waals surface area contributed by atoms with E-state index in [0.717, 1.165) is 12.0 Å². The van der Waals surface area contributed by atoms with Crippen molar-refractivity contribution in [2.24, 2.45) is 5.92 Å². The van der Waals surface area contributed by atoms with E-state index in [0.29, 0.717) is 5.54 Å². The van der Waals surface area contributed by atoms with Crippen molar-refractivity contribution in [3.63, 3.8) is 0 Å². The zero-order chi connectivity index (χ0) is 14.5. The average Bonchev–Trinajstić information content (AvgIpc) is 2.55. The summed E-state index contributed by atoms with van der Waals surface area (Å²) >= 11 is 0.